The van der Waals surface area contributed by atoms with Gasteiger partial charge in [0.25, 0.3) is 0 Å². The molecule has 0 saturated heterocycles. The zero-order chi connectivity index (χ0) is 13.6. The van der Waals surface area contributed by atoms with Gasteiger partial charge in [-0.15, -0.1) is 0 Å². The molecule has 1 atom stereocenters. The lowest BCUT2D eigenvalue weighted by Crippen LogP contribution is -2.33. The van der Waals surface area contributed by atoms with Crippen molar-refractivity contribution in [1.29, 1.82) is 0 Å². The molecule has 2 heteroatoms. The van der Waals surface area contributed by atoms with Gasteiger partial charge in [0.2, 0.25) is 0 Å². The molecule has 1 aromatic carbocycles. The number of aliphatic hydroxyl groups excluding tert-OH is 1. The van der Waals surface area contributed by atoms with Crippen LogP contribution in [0.1, 0.15) is 39.4 Å². The van der Waals surface area contributed by atoms with Gasteiger partial charge in [0.05, 0.1) is 14.2 Å². The maximum Gasteiger partial charge on any atom is 0.0970 e. The number of aliphatic hydroxyl groups is 1. The molecule has 0 bridgehead atoms. The fourth-order valence-electron chi connectivity index (χ4n) is 2.75. The van der Waals surface area contributed by atoms with Gasteiger partial charge in [0, 0.05) is 0 Å². The average molecular weight is 262 g/mol. The molecule has 1 unspecified atom stereocenters. The van der Waals surface area contributed by atoms with Crippen molar-refractivity contribution in [3.63, 3.8) is 0 Å². The van der Waals surface area contributed by atoms with Gasteiger partial charge in [-0.3, -0.25) is 0 Å². The first-order chi connectivity index (χ1) is 8.59. The van der Waals surface area contributed by atoms with Crippen molar-refractivity contribution in [3.05, 3.63) is 47.2 Å². The number of hydrogen-bond acceptors (Lipinski definition) is 1. The van der Waals surface area contributed by atoms with Crippen LogP contribution in [0.4, 0.5) is 0 Å². The third-order valence-electron chi connectivity index (χ3n) is 4.42. The Morgan fingerprint density at radius 2 is 1.61 bits per heavy atom. The van der Waals surface area contributed by atoms with Gasteiger partial charge < -0.3 is 5.11 Å². The van der Waals surface area contributed by atoms with E-state index in [4.69, 9.17) is 0 Å². The first-order valence-corrected chi connectivity index (χ1v) is 9.63. The maximum absolute atomic E-state index is 10.3. The monoisotopic (exact) mass is 262 g/mol. The zero-order valence-electron chi connectivity index (χ0n) is 12.1. The molecule has 1 nitrogen and oxygen atoms in total. The molecule has 0 aliphatic carbocycles. The van der Waals surface area contributed by atoms with Gasteiger partial charge >= 0.3 is 0 Å². The zero-order valence-corrected chi connectivity index (χ0v) is 13.1. The van der Waals surface area contributed by atoms with Crippen LogP contribution in [-0.2, 0) is 0 Å². The molecule has 100 valence electrons. The van der Waals surface area contributed by atoms with E-state index in [-0.39, 0.29) is 0 Å². The Bertz CT molecular complexity index is 371. The van der Waals surface area contributed by atoms with Crippen LogP contribution in [0.5, 0.6) is 0 Å². The fourth-order valence-corrected chi connectivity index (χ4v) is 6.43. The molecule has 0 spiro atoms. The van der Waals surface area contributed by atoms with Crippen molar-refractivity contribution in [2.75, 3.05) is 0 Å². The van der Waals surface area contributed by atoms with Crippen LogP contribution in [-0.4, -0.2) is 13.2 Å². The van der Waals surface area contributed by atoms with Crippen LogP contribution in [0.15, 0.2) is 41.6 Å². The summed E-state index contributed by atoms with van der Waals surface area (Å²) in [6.45, 7) is 9.11. The summed E-state index contributed by atoms with van der Waals surface area (Å²) in [5.41, 5.74) is 0.989. The molecule has 0 heterocycles. The van der Waals surface area contributed by atoms with Crippen LogP contribution in [0.25, 0.3) is 0 Å². The van der Waals surface area contributed by atoms with Crippen molar-refractivity contribution in [2.45, 2.75) is 51.9 Å². The Kier molecular flexibility index (Phi) is 5.83. The van der Waals surface area contributed by atoms with E-state index < -0.39 is 14.2 Å². The minimum absolute atomic E-state index is 0.456. The number of rotatable bonds is 6. The molecule has 0 aliphatic heterocycles. The summed E-state index contributed by atoms with van der Waals surface area (Å²) < 4.78 is 0. The van der Waals surface area contributed by atoms with Crippen LogP contribution in [0.2, 0.25) is 18.1 Å². The second-order valence-electron chi connectivity index (χ2n) is 5.05. The summed E-state index contributed by atoms with van der Waals surface area (Å²) in [7, 11) is -1.32. The van der Waals surface area contributed by atoms with Crippen molar-refractivity contribution in [2.24, 2.45) is 0 Å². The van der Waals surface area contributed by atoms with E-state index in [2.05, 4.69) is 33.8 Å². The van der Waals surface area contributed by atoms with Crippen molar-refractivity contribution in [3.8, 4) is 0 Å². The quantitative estimate of drug-likeness (QED) is 0.736. The Morgan fingerprint density at radius 3 is 2.06 bits per heavy atom. The lowest BCUT2D eigenvalue weighted by atomic mass is 10.1. The molecular weight excluding hydrogens is 236 g/mol. The second-order valence-corrected chi connectivity index (χ2v) is 10.5. The highest BCUT2D eigenvalue weighted by Crippen LogP contribution is 2.30. The van der Waals surface area contributed by atoms with Crippen LogP contribution in [0.3, 0.4) is 0 Å². The minimum atomic E-state index is -1.32. The first-order valence-electron chi connectivity index (χ1n) is 7.01. The topological polar surface area (TPSA) is 20.2 Å². The van der Waals surface area contributed by atoms with Crippen LogP contribution < -0.4 is 0 Å². The third-order valence-corrected chi connectivity index (χ3v) is 10.3. The van der Waals surface area contributed by atoms with Crippen LogP contribution >= 0.6 is 0 Å². The summed E-state index contributed by atoms with van der Waals surface area (Å²) in [6.07, 6.45) is 1.63. The van der Waals surface area contributed by atoms with Crippen molar-refractivity contribution in [1.82, 2.24) is 0 Å². The summed E-state index contributed by atoms with van der Waals surface area (Å²) >= 11 is 0. The maximum atomic E-state index is 10.3. The molecular formula is C16H26OSi. The average Bonchev–Trinajstić information content (AvgIpc) is 2.42. The first kappa shape index (κ1) is 15.2. The number of benzene rings is 1. The molecule has 1 N–H and O–H groups in total. The molecule has 1 aromatic rings. The second kappa shape index (κ2) is 6.91. The summed E-state index contributed by atoms with van der Waals surface area (Å²) in [4.78, 5) is 0. The van der Waals surface area contributed by atoms with Gasteiger partial charge in [-0.2, -0.15) is 0 Å². The Balaban J connectivity index is 2.95. The van der Waals surface area contributed by atoms with E-state index >= 15 is 0 Å². The van der Waals surface area contributed by atoms with E-state index in [1.807, 2.05) is 30.3 Å². The lowest BCUT2D eigenvalue weighted by molar-refractivity contribution is 0.228. The van der Waals surface area contributed by atoms with E-state index in [9.17, 15) is 5.11 Å². The minimum Gasteiger partial charge on any atom is -0.384 e. The molecule has 0 aliphatic rings. The Labute approximate surface area is 113 Å². The van der Waals surface area contributed by atoms with Gasteiger partial charge in [0.15, 0.2) is 0 Å². The molecule has 0 aromatic heterocycles. The predicted octanol–water partition coefficient (Wildman–Crippen LogP) is 4.71. The smallest absolute Gasteiger partial charge is 0.0970 e. The van der Waals surface area contributed by atoms with Gasteiger partial charge in [-0.25, -0.2) is 0 Å². The summed E-state index contributed by atoms with van der Waals surface area (Å²) in [5.74, 6) is 0. The van der Waals surface area contributed by atoms with Gasteiger partial charge in [0.1, 0.15) is 0 Å². The van der Waals surface area contributed by atoms with E-state index in [0.29, 0.717) is 0 Å². The summed E-state index contributed by atoms with van der Waals surface area (Å²) in [6, 6.07) is 13.7. The van der Waals surface area contributed by atoms with Crippen molar-refractivity contribution < 1.29 is 5.11 Å². The highest BCUT2D eigenvalue weighted by Gasteiger charge is 2.29. The highest BCUT2D eigenvalue weighted by atomic mass is 28.3. The van der Waals surface area contributed by atoms with E-state index in [0.717, 1.165) is 5.56 Å². The van der Waals surface area contributed by atoms with E-state index in [1.54, 1.807) is 0 Å². The SMILES string of the molecule is CC[Si](CC)(CC)/C(C)=C/C(O)c1ccccc1. The number of hydrogen-bond donors (Lipinski definition) is 1. The molecule has 0 radical (unpaired) electrons. The fraction of sp³-hybridized carbons (Fsp3) is 0.500. The highest BCUT2D eigenvalue weighted by molar-refractivity contribution is 6.86. The molecule has 0 saturated carbocycles. The van der Waals surface area contributed by atoms with Gasteiger partial charge in [-0.1, -0.05) is 80.5 Å². The van der Waals surface area contributed by atoms with Crippen LogP contribution in [0, 0.1) is 0 Å². The number of allylic oxidation sites excluding steroid dienone is 1. The molecule has 0 amide bonds. The van der Waals surface area contributed by atoms with Crippen molar-refractivity contribution >= 4 is 8.07 Å². The standard InChI is InChI=1S/C16H26OSi/c1-5-18(6-2,7-3)14(4)13-16(17)15-11-9-8-10-12-15/h8-13,16-17H,5-7H2,1-4H3/b14-13+. The largest absolute Gasteiger partial charge is 0.384 e. The molecule has 18 heavy (non-hydrogen) atoms. The normalized spacial score (nSPS) is 14.6. The Hall–Kier alpha value is -0.863. The Morgan fingerprint density at radius 1 is 1.11 bits per heavy atom. The van der Waals surface area contributed by atoms with Gasteiger partial charge in [-0.05, 0) is 12.5 Å². The predicted molar refractivity (Wildman–Crippen MR) is 82.4 cm³/mol. The van der Waals surface area contributed by atoms with E-state index in [1.165, 1.54) is 23.3 Å². The summed E-state index contributed by atoms with van der Waals surface area (Å²) in [5, 5.41) is 11.7. The molecule has 1 rings (SSSR count). The molecule has 0 fully saturated rings. The third kappa shape index (κ3) is 3.33. The lowest BCUT2D eigenvalue weighted by Gasteiger charge is -2.30.